The van der Waals surface area contributed by atoms with Crippen LogP contribution in [0.2, 0.25) is 0 Å². The van der Waals surface area contributed by atoms with Crippen LogP contribution >= 0.6 is 0 Å². The van der Waals surface area contributed by atoms with Gasteiger partial charge in [0.2, 0.25) is 0 Å². The largest absolute Gasteiger partial charge is 0.480 e. The van der Waals surface area contributed by atoms with Crippen LogP contribution in [0.4, 0.5) is 4.79 Å². The Morgan fingerprint density at radius 3 is 2.83 bits per heavy atom. The molecule has 2 amide bonds. The third kappa shape index (κ3) is 2.75. The molecule has 2 rings (SSSR count). The van der Waals surface area contributed by atoms with E-state index < -0.39 is 12.0 Å². The smallest absolute Gasteiger partial charge is 0.326 e. The first-order valence-corrected chi connectivity index (χ1v) is 6.41. The van der Waals surface area contributed by atoms with Crippen molar-refractivity contribution in [1.82, 2.24) is 10.2 Å². The van der Waals surface area contributed by atoms with Gasteiger partial charge in [0.05, 0.1) is 12.1 Å². The highest BCUT2D eigenvalue weighted by Crippen LogP contribution is 2.21. The minimum absolute atomic E-state index is 0.284. The lowest BCUT2D eigenvalue weighted by Crippen LogP contribution is -2.57. The van der Waals surface area contributed by atoms with Gasteiger partial charge in [-0.3, -0.25) is 0 Å². The predicted molar refractivity (Wildman–Crippen MR) is 64.4 cm³/mol. The van der Waals surface area contributed by atoms with Crippen molar-refractivity contribution in [2.75, 3.05) is 19.8 Å². The molecule has 2 atom stereocenters. The Hall–Kier alpha value is -1.30. The molecule has 2 N–H and O–H groups in total. The van der Waals surface area contributed by atoms with Gasteiger partial charge in [0.25, 0.3) is 0 Å². The number of likely N-dealkylation sites (tertiary alicyclic amines) is 1. The molecule has 102 valence electrons. The molecule has 0 spiro atoms. The summed E-state index contributed by atoms with van der Waals surface area (Å²) in [6, 6.07) is -0.967. The number of carboxylic acids is 1. The predicted octanol–water partition coefficient (Wildman–Crippen LogP) is 0.814. The molecule has 6 heteroatoms. The number of carbonyl (C=O) groups excluding carboxylic acids is 1. The van der Waals surface area contributed by atoms with Crippen molar-refractivity contribution in [3.8, 4) is 0 Å². The third-order valence-corrected chi connectivity index (χ3v) is 3.65. The van der Waals surface area contributed by atoms with Crippen molar-refractivity contribution in [1.29, 1.82) is 0 Å². The summed E-state index contributed by atoms with van der Waals surface area (Å²) in [4.78, 5) is 24.6. The summed E-state index contributed by atoms with van der Waals surface area (Å²) in [7, 11) is 0. The average molecular weight is 256 g/mol. The second-order valence-corrected chi connectivity index (χ2v) is 5.34. The zero-order valence-corrected chi connectivity index (χ0v) is 10.6. The van der Waals surface area contributed by atoms with Crippen molar-refractivity contribution >= 4 is 12.0 Å². The molecule has 0 aromatic carbocycles. The van der Waals surface area contributed by atoms with Crippen LogP contribution in [0.3, 0.4) is 0 Å². The SMILES string of the molecule is CC1(NC(=O)N2CCC[C@H]2C(=O)O)CCCOC1. The number of nitrogens with one attached hydrogen (secondary N) is 1. The first-order valence-electron chi connectivity index (χ1n) is 6.41. The minimum atomic E-state index is -0.923. The lowest BCUT2D eigenvalue weighted by molar-refractivity contribution is -0.141. The van der Waals surface area contributed by atoms with Crippen LogP contribution in [0.1, 0.15) is 32.6 Å². The molecule has 18 heavy (non-hydrogen) atoms. The normalized spacial score (nSPS) is 32.3. The number of ether oxygens (including phenoxy) is 1. The molecule has 0 radical (unpaired) electrons. The third-order valence-electron chi connectivity index (χ3n) is 3.65. The Morgan fingerprint density at radius 2 is 2.22 bits per heavy atom. The molecule has 0 aromatic rings. The van der Waals surface area contributed by atoms with Crippen LogP contribution in [-0.2, 0) is 9.53 Å². The molecule has 1 unspecified atom stereocenters. The quantitative estimate of drug-likeness (QED) is 0.766. The summed E-state index contributed by atoms with van der Waals surface area (Å²) >= 11 is 0. The molecule has 2 saturated heterocycles. The van der Waals surface area contributed by atoms with Gasteiger partial charge >= 0.3 is 12.0 Å². The molecular weight excluding hydrogens is 236 g/mol. The zero-order chi connectivity index (χ0) is 13.2. The Kier molecular flexibility index (Phi) is 3.75. The van der Waals surface area contributed by atoms with Gasteiger partial charge in [0, 0.05) is 13.2 Å². The van der Waals surface area contributed by atoms with Gasteiger partial charge in [-0.25, -0.2) is 9.59 Å². The van der Waals surface area contributed by atoms with E-state index in [0.29, 0.717) is 19.6 Å². The van der Waals surface area contributed by atoms with Crippen molar-refractivity contribution < 1.29 is 19.4 Å². The van der Waals surface area contributed by atoms with E-state index in [1.807, 2.05) is 6.92 Å². The van der Waals surface area contributed by atoms with E-state index in [1.54, 1.807) is 0 Å². The lowest BCUT2D eigenvalue weighted by Gasteiger charge is -2.36. The fourth-order valence-corrected chi connectivity index (χ4v) is 2.63. The van der Waals surface area contributed by atoms with E-state index in [2.05, 4.69) is 5.32 Å². The number of hydrogen-bond donors (Lipinski definition) is 2. The second kappa shape index (κ2) is 5.14. The summed E-state index contributed by atoms with van der Waals surface area (Å²) in [6.45, 7) is 3.67. The van der Waals surface area contributed by atoms with E-state index in [0.717, 1.165) is 25.9 Å². The number of amides is 2. The number of rotatable bonds is 2. The van der Waals surface area contributed by atoms with E-state index in [1.165, 1.54) is 4.90 Å². The van der Waals surface area contributed by atoms with Gasteiger partial charge in [-0.2, -0.15) is 0 Å². The van der Waals surface area contributed by atoms with Crippen molar-refractivity contribution in [3.05, 3.63) is 0 Å². The van der Waals surface area contributed by atoms with Gasteiger partial charge < -0.3 is 20.1 Å². The number of urea groups is 1. The highest BCUT2D eigenvalue weighted by Gasteiger charge is 2.37. The fraction of sp³-hybridized carbons (Fsp3) is 0.833. The lowest BCUT2D eigenvalue weighted by atomic mass is 9.95. The topological polar surface area (TPSA) is 78.9 Å². The monoisotopic (exact) mass is 256 g/mol. The molecular formula is C12H20N2O4. The molecule has 2 fully saturated rings. The summed E-state index contributed by atoms with van der Waals surface area (Å²) in [5.41, 5.74) is -0.374. The minimum Gasteiger partial charge on any atom is -0.480 e. The number of carboxylic acid groups (broad SMARTS) is 1. The first-order chi connectivity index (χ1) is 8.52. The molecule has 0 saturated carbocycles. The molecule has 2 heterocycles. The molecule has 2 aliphatic rings. The standard InChI is InChI=1S/C12H20N2O4/c1-12(5-3-7-18-8-12)13-11(17)14-6-2-4-9(14)10(15)16/h9H,2-8H2,1H3,(H,13,17)(H,15,16)/t9-,12?/m0/s1. The van der Waals surface area contributed by atoms with E-state index in [9.17, 15) is 9.59 Å². The van der Waals surface area contributed by atoms with Crippen LogP contribution in [0.25, 0.3) is 0 Å². The Labute approximate surface area is 106 Å². The summed E-state index contributed by atoms with van der Waals surface area (Å²) < 4.78 is 5.37. The van der Waals surface area contributed by atoms with Gasteiger partial charge in [-0.1, -0.05) is 0 Å². The van der Waals surface area contributed by atoms with E-state index >= 15 is 0 Å². The fourth-order valence-electron chi connectivity index (χ4n) is 2.63. The van der Waals surface area contributed by atoms with E-state index in [4.69, 9.17) is 9.84 Å². The van der Waals surface area contributed by atoms with E-state index in [-0.39, 0.29) is 11.6 Å². The van der Waals surface area contributed by atoms with Crippen molar-refractivity contribution in [3.63, 3.8) is 0 Å². The van der Waals surface area contributed by atoms with Crippen molar-refractivity contribution in [2.24, 2.45) is 0 Å². The highest BCUT2D eigenvalue weighted by atomic mass is 16.5. The summed E-state index contributed by atoms with van der Waals surface area (Å²) in [5, 5.41) is 12.0. The van der Waals surface area contributed by atoms with Crippen molar-refractivity contribution in [2.45, 2.75) is 44.2 Å². The van der Waals surface area contributed by atoms with Crippen LogP contribution in [0.15, 0.2) is 0 Å². The first kappa shape index (κ1) is 13.1. The van der Waals surface area contributed by atoms with Gasteiger partial charge in [-0.05, 0) is 32.6 Å². The van der Waals surface area contributed by atoms with Gasteiger partial charge in [0.1, 0.15) is 6.04 Å². The molecule has 0 aliphatic carbocycles. The Bertz CT molecular complexity index is 339. The van der Waals surface area contributed by atoms with Gasteiger partial charge in [0.15, 0.2) is 0 Å². The van der Waals surface area contributed by atoms with Crippen LogP contribution in [0, 0.1) is 0 Å². The maximum atomic E-state index is 12.1. The number of carbonyl (C=O) groups is 2. The Balaban J connectivity index is 1.96. The zero-order valence-electron chi connectivity index (χ0n) is 10.6. The molecule has 2 aliphatic heterocycles. The summed E-state index contributed by atoms with van der Waals surface area (Å²) in [5.74, 6) is -0.923. The second-order valence-electron chi connectivity index (χ2n) is 5.34. The molecule has 6 nitrogen and oxygen atoms in total. The maximum absolute atomic E-state index is 12.1. The number of aliphatic carboxylic acids is 1. The maximum Gasteiger partial charge on any atom is 0.326 e. The Morgan fingerprint density at radius 1 is 1.44 bits per heavy atom. The average Bonchev–Trinajstić information content (AvgIpc) is 2.78. The summed E-state index contributed by atoms with van der Waals surface area (Å²) in [6.07, 6.45) is 3.07. The molecule has 0 bridgehead atoms. The molecule has 0 aromatic heterocycles. The van der Waals surface area contributed by atoms with Crippen LogP contribution in [-0.4, -0.2) is 53.3 Å². The van der Waals surface area contributed by atoms with Crippen LogP contribution < -0.4 is 5.32 Å². The van der Waals surface area contributed by atoms with Crippen LogP contribution in [0.5, 0.6) is 0 Å². The number of nitrogens with zero attached hydrogens (tertiary/aromatic N) is 1. The highest BCUT2D eigenvalue weighted by molar-refractivity contribution is 5.83. The number of hydrogen-bond acceptors (Lipinski definition) is 3. The van der Waals surface area contributed by atoms with Gasteiger partial charge in [-0.15, -0.1) is 0 Å².